The number of aromatic amines is 1. The molecule has 0 unspecified atom stereocenters. The van der Waals surface area contributed by atoms with E-state index < -0.39 is 11.5 Å². The van der Waals surface area contributed by atoms with Crippen LogP contribution in [0.5, 0.6) is 5.75 Å². The molecule has 1 aromatic carbocycles. The fourth-order valence-electron chi connectivity index (χ4n) is 1.82. The molecule has 1 aromatic heterocycles. The predicted octanol–water partition coefficient (Wildman–Crippen LogP) is 1.04. The molecule has 4 N–H and O–H groups in total. The van der Waals surface area contributed by atoms with Crippen LogP contribution in [-0.2, 0) is 0 Å². The van der Waals surface area contributed by atoms with Crippen molar-refractivity contribution in [2.24, 2.45) is 5.84 Å². The van der Waals surface area contributed by atoms with Crippen molar-refractivity contribution in [3.05, 3.63) is 52.3 Å². The van der Waals surface area contributed by atoms with Gasteiger partial charge in [0.05, 0.1) is 6.61 Å². The third-order valence-corrected chi connectivity index (χ3v) is 2.74. The fourth-order valence-corrected chi connectivity index (χ4v) is 1.82. The first-order valence-electron chi connectivity index (χ1n) is 6.13. The molecule has 0 bridgehead atoms. The number of carbonyl (C=O) groups excluding carboxylic acids is 1. The summed E-state index contributed by atoms with van der Waals surface area (Å²) in [5.41, 5.74) is 2.81. The topological polar surface area (TPSA) is 97.2 Å². The highest BCUT2D eigenvalue weighted by Gasteiger charge is 2.10. The quantitative estimate of drug-likeness (QED) is 0.440. The van der Waals surface area contributed by atoms with Gasteiger partial charge in [-0.1, -0.05) is 12.1 Å². The standard InChI is InChI=1S/C14H15N3O3/c1-2-20-10-5-3-4-9(8-10)12-7-6-11(13(18)16-12)14(19)17-15/h3-8H,2,15H2,1H3,(H,16,18)(H,17,19). The third-order valence-electron chi connectivity index (χ3n) is 2.74. The molecular weight excluding hydrogens is 258 g/mol. The molecule has 0 saturated heterocycles. The highest BCUT2D eigenvalue weighted by atomic mass is 16.5. The Morgan fingerprint density at radius 2 is 2.15 bits per heavy atom. The lowest BCUT2D eigenvalue weighted by molar-refractivity contribution is 0.0952. The molecule has 0 aliphatic heterocycles. The number of nitrogens with one attached hydrogen (secondary N) is 2. The van der Waals surface area contributed by atoms with Gasteiger partial charge in [-0.3, -0.25) is 15.0 Å². The summed E-state index contributed by atoms with van der Waals surface area (Å²) in [6.45, 7) is 2.46. The van der Waals surface area contributed by atoms with Crippen LogP contribution in [-0.4, -0.2) is 17.5 Å². The summed E-state index contributed by atoms with van der Waals surface area (Å²) in [4.78, 5) is 25.8. The second kappa shape index (κ2) is 6.03. The first-order chi connectivity index (χ1) is 9.65. The van der Waals surface area contributed by atoms with E-state index in [4.69, 9.17) is 10.6 Å². The van der Waals surface area contributed by atoms with Gasteiger partial charge in [-0.25, -0.2) is 5.84 Å². The zero-order valence-corrected chi connectivity index (χ0v) is 11.0. The Kier molecular flexibility index (Phi) is 4.17. The number of nitrogen functional groups attached to an aromatic ring is 1. The van der Waals surface area contributed by atoms with Crippen LogP contribution in [0.1, 0.15) is 17.3 Å². The van der Waals surface area contributed by atoms with Crippen molar-refractivity contribution in [1.29, 1.82) is 0 Å². The summed E-state index contributed by atoms with van der Waals surface area (Å²) < 4.78 is 5.40. The van der Waals surface area contributed by atoms with Gasteiger partial charge in [0.2, 0.25) is 0 Å². The summed E-state index contributed by atoms with van der Waals surface area (Å²) in [5, 5.41) is 0. The largest absolute Gasteiger partial charge is 0.494 e. The molecule has 1 amide bonds. The molecule has 0 saturated carbocycles. The molecule has 0 atom stereocenters. The Labute approximate surface area is 115 Å². The van der Waals surface area contributed by atoms with Crippen molar-refractivity contribution in [2.45, 2.75) is 6.92 Å². The number of nitrogens with two attached hydrogens (primary N) is 1. The van der Waals surface area contributed by atoms with Crippen molar-refractivity contribution in [2.75, 3.05) is 6.61 Å². The number of hydrazine groups is 1. The molecule has 104 valence electrons. The van der Waals surface area contributed by atoms with Gasteiger partial charge < -0.3 is 9.72 Å². The van der Waals surface area contributed by atoms with Gasteiger partial charge in [-0.2, -0.15) is 0 Å². The molecule has 1 heterocycles. The number of amides is 1. The molecular formula is C14H15N3O3. The summed E-state index contributed by atoms with van der Waals surface area (Å²) >= 11 is 0. The molecule has 0 fully saturated rings. The van der Waals surface area contributed by atoms with Gasteiger partial charge in [0, 0.05) is 11.3 Å². The van der Waals surface area contributed by atoms with Crippen LogP contribution in [0.15, 0.2) is 41.2 Å². The Morgan fingerprint density at radius 1 is 1.35 bits per heavy atom. The molecule has 6 heteroatoms. The minimum absolute atomic E-state index is 0.0304. The van der Waals surface area contributed by atoms with E-state index in [-0.39, 0.29) is 5.56 Å². The van der Waals surface area contributed by atoms with Crippen molar-refractivity contribution in [3.8, 4) is 17.0 Å². The lowest BCUT2D eigenvalue weighted by Crippen LogP contribution is -2.34. The minimum Gasteiger partial charge on any atom is -0.494 e. The van der Waals surface area contributed by atoms with Crippen LogP contribution in [0.2, 0.25) is 0 Å². The highest BCUT2D eigenvalue weighted by Crippen LogP contribution is 2.21. The van der Waals surface area contributed by atoms with Crippen molar-refractivity contribution < 1.29 is 9.53 Å². The van der Waals surface area contributed by atoms with Gasteiger partial charge in [0.25, 0.3) is 11.5 Å². The second-order valence-corrected chi connectivity index (χ2v) is 4.05. The first kappa shape index (κ1) is 13.8. The van der Waals surface area contributed by atoms with Gasteiger partial charge in [0.1, 0.15) is 11.3 Å². The van der Waals surface area contributed by atoms with E-state index in [1.54, 1.807) is 6.07 Å². The van der Waals surface area contributed by atoms with Gasteiger partial charge in [0.15, 0.2) is 0 Å². The van der Waals surface area contributed by atoms with E-state index in [9.17, 15) is 9.59 Å². The monoisotopic (exact) mass is 273 g/mol. The van der Waals surface area contributed by atoms with E-state index in [0.717, 1.165) is 11.3 Å². The fraction of sp³-hybridized carbons (Fsp3) is 0.143. The Balaban J connectivity index is 2.39. The van der Waals surface area contributed by atoms with Crippen LogP contribution >= 0.6 is 0 Å². The first-order valence-corrected chi connectivity index (χ1v) is 6.13. The summed E-state index contributed by atoms with van der Waals surface area (Å²) in [5.74, 6) is 5.10. The number of hydrogen-bond acceptors (Lipinski definition) is 4. The van der Waals surface area contributed by atoms with Crippen LogP contribution in [0, 0.1) is 0 Å². The zero-order chi connectivity index (χ0) is 14.5. The predicted molar refractivity (Wildman–Crippen MR) is 75.3 cm³/mol. The van der Waals surface area contributed by atoms with Gasteiger partial charge in [-0.15, -0.1) is 0 Å². The number of benzene rings is 1. The second-order valence-electron chi connectivity index (χ2n) is 4.05. The lowest BCUT2D eigenvalue weighted by atomic mass is 10.1. The van der Waals surface area contributed by atoms with Crippen LogP contribution < -0.4 is 21.6 Å². The number of aromatic nitrogens is 1. The van der Waals surface area contributed by atoms with Crippen molar-refractivity contribution in [1.82, 2.24) is 10.4 Å². The third kappa shape index (κ3) is 2.86. The number of carbonyl (C=O) groups is 1. The van der Waals surface area contributed by atoms with E-state index in [1.807, 2.05) is 36.6 Å². The minimum atomic E-state index is -0.624. The maximum Gasteiger partial charge on any atom is 0.270 e. The maximum atomic E-state index is 11.8. The average Bonchev–Trinajstić information content (AvgIpc) is 2.47. The number of hydrogen-bond donors (Lipinski definition) is 3. The van der Waals surface area contributed by atoms with Crippen LogP contribution in [0.25, 0.3) is 11.3 Å². The van der Waals surface area contributed by atoms with E-state index in [1.165, 1.54) is 6.07 Å². The van der Waals surface area contributed by atoms with E-state index >= 15 is 0 Å². The molecule has 0 spiro atoms. The van der Waals surface area contributed by atoms with Gasteiger partial charge in [-0.05, 0) is 31.2 Å². The molecule has 0 aliphatic carbocycles. The summed E-state index contributed by atoms with van der Waals surface area (Å²) in [7, 11) is 0. The molecule has 6 nitrogen and oxygen atoms in total. The molecule has 20 heavy (non-hydrogen) atoms. The number of pyridine rings is 1. The molecule has 2 rings (SSSR count). The van der Waals surface area contributed by atoms with Crippen LogP contribution in [0.3, 0.4) is 0 Å². The van der Waals surface area contributed by atoms with Crippen molar-refractivity contribution in [3.63, 3.8) is 0 Å². The number of rotatable bonds is 4. The Bertz CT molecular complexity index is 679. The molecule has 0 radical (unpaired) electrons. The maximum absolute atomic E-state index is 11.8. The Hall–Kier alpha value is -2.60. The molecule has 0 aliphatic rings. The van der Waals surface area contributed by atoms with Crippen LogP contribution in [0.4, 0.5) is 0 Å². The van der Waals surface area contributed by atoms with E-state index in [2.05, 4.69) is 4.98 Å². The van der Waals surface area contributed by atoms with E-state index in [0.29, 0.717) is 12.3 Å². The SMILES string of the molecule is CCOc1cccc(-c2ccc(C(=O)NN)c(=O)[nH]2)c1. The Morgan fingerprint density at radius 3 is 2.80 bits per heavy atom. The summed E-state index contributed by atoms with van der Waals surface area (Å²) in [6.07, 6.45) is 0. The smallest absolute Gasteiger partial charge is 0.270 e. The lowest BCUT2D eigenvalue weighted by Gasteiger charge is -2.07. The highest BCUT2D eigenvalue weighted by molar-refractivity contribution is 5.93. The summed E-state index contributed by atoms with van der Waals surface area (Å²) in [6, 6.07) is 10.4. The van der Waals surface area contributed by atoms with Gasteiger partial charge >= 0.3 is 0 Å². The molecule has 2 aromatic rings. The normalized spacial score (nSPS) is 10.1. The van der Waals surface area contributed by atoms with Crippen molar-refractivity contribution >= 4 is 5.91 Å². The zero-order valence-electron chi connectivity index (χ0n) is 11.0. The average molecular weight is 273 g/mol. The number of ether oxygens (including phenoxy) is 1. The number of H-pyrrole nitrogens is 1.